The van der Waals surface area contributed by atoms with Gasteiger partial charge in [-0.1, -0.05) is 55.4 Å². The van der Waals surface area contributed by atoms with E-state index in [4.69, 9.17) is 48.9 Å². The summed E-state index contributed by atoms with van der Waals surface area (Å²) < 4.78 is 24.8. The molecule has 0 atom stereocenters. The monoisotopic (exact) mass is 802 g/mol. The average molecular weight is 803 g/mol. The van der Waals surface area contributed by atoms with Crippen LogP contribution in [0.1, 0.15) is 55.4 Å². The second-order valence-corrected chi connectivity index (χ2v) is 17.3. The minimum absolute atomic E-state index is 0.359. The van der Waals surface area contributed by atoms with Crippen LogP contribution >= 0.6 is 0 Å². The number of rotatable bonds is 12. The third-order valence-electron chi connectivity index (χ3n) is 10.0. The van der Waals surface area contributed by atoms with Gasteiger partial charge in [0.25, 0.3) is 0 Å². The fraction of sp³-hybridized carbons (Fsp3) is 0.333. The van der Waals surface area contributed by atoms with Gasteiger partial charge >= 0.3 is 0 Å². The van der Waals surface area contributed by atoms with Crippen molar-refractivity contribution in [3.8, 4) is 68.5 Å². The third kappa shape index (κ3) is 7.81. The third-order valence-corrected chi connectivity index (χ3v) is 10.0. The normalized spacial score (nSPS) is 12.2. The van der Waals surface area contributed by atoms with E-state index in [1.165, 1.54) is 0 Å². The molecular formula is C48H50N8O4. The number of benzene rings is 4. The number of nitrogens with zero attached hydrogens (tertiary/aromatic N) is 6. The summed E-state index contributed by atoms with van der Waals surface area (Å²) in [6, 6.07) is 23.9. The van der Waals surface area contributed by atoms with Gasteiger partial charge in [-0.15, -0.1) is 0 Å². The van der Waals surface area contributed by atoms with Crippen LogP contribution in [0.3, 0.4) is 0 Å². The molecule has 0 spiro atoms. The van der Waals surface area contributed by atoms with E-state index in [0.717, 1.165) is 66.8 Å². The average Bonchev–Trinajstić information content (AvgIpc) is 3.95. The highest BCUT2D eigenvalue weighted by molar-refractivity contribution is 6.07. The van der Waals surface area contributed by atoms with Crippen LogP contribution in [0.15, 0.2) is 72.8 Å². The highest BCUT2D eigenvalue weighted by Crippen LogP contribution is 2.40. The van der Waals surface area contributed by atoms with E-state index in [-0.39, 0.29) is 0 Å². The minimum atomic E-state index is 0.359. The number of aromatic nitrogens is 8. The molecule has 0 saturated heterocycles. The predicted molar refractivity (Wildman–Crippen MR) is 237 cm³/mol. The Hall–Kier alpha value is -6.56. The van der Waals surface area contributed by atoms with Crippen molar-refractivity contribution < 1.29 is 18.9 Å². The fourth-order valence-corrected chi connectivity index (χ4v) is 7.12. The highest BCUT2D eigenvalue weighted by atomic mass is 16.5. The first kappa shape index (κ1) is 38.9. The summed E-state index contributed by atoms with van der Waals surface area (Å²) in [5, 5.41) is 3.39. The molecule has 2 aliphatic heterocycles. The van der Waals surface area contributed by atoms with E-state index >= 15 is 0 Å². The number of aromatic amines is 2. The van der Waals surface area contributed by atoms with Crippen molar-refractivity contribution in [3.63, 3.8) is 0 Å². The Labute approximate surface area is 348 Å². The van der Waals surface area contributed by atoms with Gasteiger partial charge in [-0.25, -0.2) is 29.9 Å². The van der Waals surface area contributed by atoms with Crippen molar-refractivity contribution in [2.45, 2.75) is 55.4 Å². The smallest absolute Gasteiger partial charge is 0.164 e. The van der Waals surface area contributed by atoms with Gasteiger partial charge < -0.3 is 28.9 Å². The van der Waals surface area contributed by atoms with E-state index < -0.39 is 0 Å². The van der Waals surface area contributed by atoms with Crippen molar-refractivity contribution in [1.29, 1.82) is 0 Å². The highest BCUT2D eigenvalue weighted by Gasteiger charge is 2.24. The Balaban J connectivity index is 1.36. The summed E-state index contributed by atoms with van der Waals surface area (Å²) in [6.45, 7) is 19.4. The maximum atomic E-state index is 6.20. The van der Waals surface area contributed by atoms with Gasteiger partial charge in [0, 0.05) is 43.8 Å². The van der Waals surface area contributed by atoms with E-state index in [1.807, 2.05) is 72.8 Å². The SMILES string of the molecule is CC(C)COc1ccc2c(c1)-c1nc-2nc2[nH]c(nc3nc(nc4[nH]c(n1)c1cc(OCC(C)C)ccc41)-c1ccc(OCC(C)C)cc1-3)c1cc(OCC(C)C)ccc21. The first-order chi connectivity index (χ1) is 28.9. The second-order valence-electron chi connectivity index (χ2n) is 17.3. The lowest BCUT2D eigenvalue weighted by Crippen LogP contribution is -2.04. The van der Waals surface area contributed by atoms with Crippen molar-refractivity contribution in [2.24, 2.45) is 23.7 Å². The molecule has 9 rings (SSSR count). The Bertz CT molecular complexity index is 2730. The summed E-state index contributed by atoms with van der Waals surface area (Å²) in [5.74, 6) is 6.39. The Morgan fingerprint density at radius 3 is 1.00 bits per heavy atom. The standard InChI is InChI=1S/C48H50N8O4/c1-25(2)21-57-29-9-13-33-37(17-29)45-51-41(33)49-42-35-15-11-31(59-23-27(5)6)19-39(35)47(53-42)56-48-40-20-32(60-24-28(7)8)12-16-36(40)44(54-48)50-43-34-14-10-30(58-22-26(3)4)18-38(34)46(52-43)55-45/h9-20,25-28H,21-24H2,1-8H3,(H2,49,50,51,52,53,54,55,56). The van der Waals surface area contributed by atoms with E-state index in [2.05, 4.69) is 65.4 Å². The molecule has 0 amide bonds. The van der Waals surface area contributed by atoms with Crippen molar-refractivity contribution in [2.75, 3.05) is 26.4 Å². The number of hydrogen-bond acceptors (Lipinski definition) is 10. The largest absolute Gasteiger partial charge is 0.493 e. The summed E-state index contributed by atoms with van der Waals surface area (Å²) >= 11 is 0. The van der Waals surface area contributed by atoms with Crippen LogP contribution in [0.4, 0.5) is 0 Å². The molecule has 0 unspecified atom stereocenters. The van der Waals surface area contributed by atoms with Crippen molar-refractivity contribution >= 4 is 44.1 Å². The molecule has 0 fully saturated rings. The van der Waals surface area contributed by atoms with E-state index in [9.17, 15) is 0 Å². The van der Waals surface area contributed by atoms with Crippen molar-refractivity contribution in [1.82, 2.24) is 39.9 Å². The summed E-state index contributed by atoms with van der Waals surface area (Å²) in [6.07, 6.45) is 0. The lowest BCUT2D eigenvalue weighted by molar-refractivity contribution is 0.271. The molecule has 7 aromatic rings. The zero-order valence-corrected chi connectivity index (χ0v) is 35.4. The number of fused-ring (bicyclic) bond motifs is 20. The molecule has 3 aromatic heterocycles. The van der Waals surface area contributed by atoms with Gasteiger partial charge in [-0.05, 0) is 96.5 Å². The van der Waals surface area contributed by atoms with Gasteiger partial charge in [-0.2, -0.15) is 0 Å². The molecule has 2 N–H and O–H groups in total. The number of nitrogens with one attached hydrogen (secondary N) is 2. The Kier molecular flexibility index (Phi) is 10.3. The molecule has 306 valence electrons. The predicted octanol–water partition coefficient (Wildman–Crippen LogP) is 11.0. The molecular weight excluding hydrogens is 753 g/mol. The first-order valence-electron chi connectivity index (χ1n) is 20.9. The summed E-state index contributed by atoms with van der Waals surface area (Å²) in [7, 11) is 0. The lowest BCUT2D eigenvalue weighted by Gasteiger charge is -2.09. The lowest BCUT2D eigenvalue weighted by atomic mass is 10.1. The van der Waals surface area contributed by atoms with Crippen LogP contribution in [0, 0.1) is 23.7 Å². The van der Waals surface area contributed by atoms with E-state index in [1.54, 1.807) is 0 Å². The number of hydrogen-bond donors (Lipinski definition) is 2. The zero-order valence-electron chi connectivity index (χ0n) is 35.4. The van der Waals surface area contributed by atoms with Crippen LogP contribution in [-0.4, -0.2) is 66.3 Å². The number of ether oxygens (including phenoxy) is 4. The van der Waals surface area contributed by atoms with Crippen molar-refractivity contribution in [3.05, 3.63) is 72.8 Å². The maximum absolute atomic E-state index is 6.20. The van der Waals surface area contributed by atoms with Gasteiger partial charge in [0.15, 0.2) is 23.3 Å². The molecule has 0 aliphatic carbocycles. The molecule has 12 heteroatoms. The first-order valence-corrected chi connectivity index (χ1v) is 20.9. The molecule has 2 aliphatic rings. The fourth-order valence-electron chi connectivity index (χ4n) is 7.12. The summed E-state index contributed by atoms with van der Waals surface area (Å²) in [4.78, 5) is 38.2. The molecule has 60 heavy (non-hydrogen) atoms. The molecule has 8 bridgehead atoms. The maximum Gasteiger partial charge on any atom is 0.164 e. The van der Waals surface area contributed by atoms with Crippen LogP contribution in [0.25, 0.3) is 89.7 Å². The van der Waals surface area contributed by atoms with E-state index in [0.29, 0.717) is 96.0 Å². The minimum Gasteiger partial charge on any atom is -0.493 e. The van der Waals surface area contributed by atoms with Gasteiger partial charge in [0.2, 0.25) is 0 Å². The topological polar surface area (TPSA) is 146 Å². The molecule has 12 nitrogen and oxygen atoms in total. The molecule has 5 heterocycles. The number of H-pyrrole nitrogens is 2. The van der Waals surface area contributed by atoms with Crippen LogP contribution in [-0.2, 0) is 0 Å². The zero-order chi connectivity index (χ0) is 41.7. The van der Waals surface area contributed by atoms with Gasteiger partial charge in [-0.3, -0.25) is 0 Å². The van der Waals surface area contributed by atoms with Crippen LogP contribution in [0.2, 0.25) is 0 Å². The van der Waals surface area contributed by atoms with Gasteiger partial charge in [0.05, 0.1) is 26.4 Å². The van der Waals surface area contributed by atoms with Crippen LogP contribution < -0.4 is 18.9 Å². The molecule has 0 saturated carbocycles. The van der Waals surface area contributed by atoms with Gasteiger partial charge in [0.1, 0.15) is 45.6 Å². The quantitative estimate of drug-likeness (QED) is 0.122. The Morgan fingerprint density at radius 1 is 0.350 bits per heavy atom. The second kappa shape index (κ2) is 15.9. The summed E-state index contributed by atoms with van der Waals surface area (Å²) in [5.41, 5.74) is 5.63. The Morgan fingerprint density at radius 2 is 0.650 bits per heavy atom. The van der Waals surface area contributed by atoms with Crippen LogP contribution in [0.5, 0.6) is 23.0 Å². The molecule has 4 aromatic carbocycles. The molecule has 0 radical (unpaired) electrons.